The standard InChI is InChI=1S/C14H17F3N2O3/c1-10(20)19(6-7-22-2)9-13(21)18-12-5-3-4-11(8-12)14(15,16)17/h3-5,8H,6-7,9H2,1-2H3,(H,18,21). The van der Waals surface area contributed by atoms with E-state index in [1.807, 2.05) is 0 Å². The van der Waals surface area contributed by atoms with Crippen LogP contribution in [-0.4, -0.2) is 43.5 Å². The molecule has 0 aliphatic rings. The van der Waals surface area contributed by atoms with Crippen LogP contribution in [0.4, 0.5) is 18.9 Å². The largest absolute Gasteiger partial charge is 0.416 e. The topological polar surface area (TPSA) is 58.6 Å². The van der Waals surface area contributed by atoms with Crippen molar-refractivity contribution < 1.29 is 27.5 Å². The van der Waals surface area contributed by atoms with E-state index in [0.717, 1.165) is 12.1 Å². The summed E-state index contributed by atoms with van der Waals surface area (Å²) in [7, 11) is 1.46. The first-order valence-electron chi connectivity index (χ1n) is 6.45. The lowest BCUT2D eigenvalue weighted by molar-refractivity contribution is -0.137. The van der Waals surface area contributed by atoms with Crippen LogP contribution in [0.2, 0.25) is 0 Å². The smallest absolute Gasteiger partial charge is 0.383 e. The van der Waals surface area contributed by atoms with Crippen molar-refractivity contribution in [1.82, 2.24) is 4.90 Å². The Morgan fingerprint density at radius 2 is 2.00 bits per heavy atom. The number of hydrogen-bond acceptors (Lipinski definition) is 3. The Labute approximate surface area is 126 Å². The van der Waals surface area contributed by atoms with Gasteiger partial charge in [0.15, 0.2) is 0 Å². The highest BCUT2D eigenvalue weighted by molar-refractivity contribution is 5.94. The maximum Gasteiger partial charge on any atom is 0.416 e. The number of amides is 2. The van der Waals surface area contributed by atoms with E-state index in [2.05, 4.69) is 5.32 Å². The fraction of sp³-hybridized carbons (Fsp3) is 0.429. The summed E-state index contributed by atoms with van der Waals surface area (Å²) in [6, 6.07) is 4.30. The molecule has 1 aromatic rings. The molecule has 122 valence electrons. The molecule has 0 aliphatic heterocycles. The van der Waals surface area contributed by atoms with E-state index < -0.39 is 17.6 Å². The molecule has 5 nitrogen and oxygen atoms in total. The number of halogens is 3. The molecule has 22 heavy (non-hydrogen) atoms. The number of nitrogens with zero attached hydrogens (tertiary/aromatic N) is 1. The quantitative estimate of drug-likeness (QED) is 0.874. The van der Waals surface area contributed by atoms with Gasteiger partial charge in [0.25, 0.3) is 0 Å². The Bertz CT molecular complexity index is 532. The molecule has 0 bridgehead atoms. The summed E-state index contributed by atoms with van der Waals surface area (Å²) in [4.78, 5) is 24.4. The Balaban J connectivity index is 2.70. The number of rotatable bonds is 6. The Kier molecular flexibility index (Phi) is 6.36. The fourth-order valence-electron chi connectivity index (χ4n) is 1.70. The molecule has 0 aliphatic carbocycles. The minimum Gasteiger partial charge on any atom is -0.383 e. The summed E-state index contributed by atoms with van der Waals surface area (Å²) in [6.45, 7) is 1.53. The average molecular weight is 318 g/mol. The zero-order chi connectivity index (χ0) is 16.8. The molecule has 2 amide bonds. The van der Waals surface area contributed by atoms with Gasteiger partial charge in [-0.1, -0.05) is 6.07 Å². The van der Waals surface area contributed by atoms with Gasteiger partial charge in [0.1, 0.15) is 0 Å². The van der Waals surface area contributed by atoms with Crippen LogP contribution >= 0.6 is 0 Å². The molecule has 0 fully saturated rings. The number of anilines is 1. The van der Waals surface area contributed by atoms with Gasteiger partial charge in [-0.3, -0.25) is 9.59 Å². The molecule has 0 saturated carbocycles. The van der Waals surface area contributed by atoms with Gasteiger partial charge in [0, 0.05) is 26.3 Å². The van der Waals surface area contributed by atoms with E-state index in [1.165, 1.54) is 31.1 Å². The van der Waals surface area contributed by atoms with E-state index in [0.29, 0.717) is 0 Å². The van der Waals surface area contributed by atoms with Crippen molar-refractivity contribution in [3.8, 4) is 0 Å². The van der Waals surface area contributed by atoms with Gasteiger partial charge in [-0.2, -0.15) is 13.2 Å². The summed E-state index contributed by atoms with van der Waals surface area (Å²) >= 11 is 0. The van der Waals surface area contributed by atoms with Gasteiger partial charge >= 0.3 is 6.18 Å². The molecule has 1 N–H and O–H groups in total. The summed E-state index contributed by atoms with van der Waals surface area (Å²) in [6.07, 6.45) is -4.48. The monoisotopic (exact) mass is 318 g/mol. The van der Waals surface area contributed by atoms with Crippen LogP contribution < -0.4 is 5.32 Å². The van der Waals surface area contributed by atoms with Crippen molar-refractivity contribution in [2.75, 3.05) is 32.1 Å². The van der Waals surface area contributed by atoms with Gasteiger partial charge < -0.3 is 15.0 Å². The summed E-state index contributed by atoms with van der Waals surface area (Å²) in [5.74, 6) is -0.901. The summed E-state index contributed by atoms with van der Waals surface area (Å²) < 4.78 is 42.6. The number of hydrogen-bond donors (Lipinski definition) is 1. The number of methoxy groups -OCH3 is 1. The number of benzene rings is 1. The highest BCUT2D eigenvalue weighted by atomic mass is 19.4. The normalized spacial score (nSPS) is 11.1. The molecule has 0 radical (unpaired) electrons. The summed E-state index contributed by atoms with van der Waals surface area (Å²) in [5.41, 5.74) is -0.830. The number of ether oxygens (including phenoxy) is 1. The molecular formula is C14H17F3N2O3. The Morgan fingerprint density at radius 1 is 1.32 bits per heavy atom. The van der Waals surface area contributed by atoms with Crippen molar-refractivity contribution in [1.29, 1.82) is 0 Å². The van der Waals surface area contributed by atoms with Crippen molar-refractivity contribution in [3.63, 3.8) is 0 Å². The van der Waals surface area contributed by atoms with Gasteiger partial charge in [0.2, 0.25) is 11.8 Å². The maximum atomic E-state index is 12.6. The second-order valence-electron chi connectivity index (χ2n) is 4.56. The Morgan fingerprint density at radius 3 is 2.55 bits per heavy atom. The lowest BCUT2D eigenvalue weighted by atomic mass is 10.2. The number of carbonyl (C=O) groups excluding carboxylic acids is 2. The first-order chi connectivity index (χ1) is 10.2. The van der Waals surface area contributed by atoms with Crippen LogP contribution in [0, 0.1) is 0 Å². The van der Waals surface area contributed by atoms with Crippen LogP contribution in [0.1, 0.15) is 12.5 Å². The molecule has 0 atom stereocenters. The predicted octanol–water partition coefficient (Wildman–Crippen LogP) is 2.14. The lowest BCUT2D eigenvalue weighted by Crippen LogP contribution is -2.38. The van der Waals surface area contributed by atoms with Gasteiger partial charge in [0.05, 0.1) is 18.7 Å². The van der Waals surface area contributed by atoms with Crippen LogP contribution in [0.3, 0.4) is 0 Å². The number of nitrogens with one attached hydrogen (secondary N) is 1. The van der Waals surface area contributed by atoms with Gasteiger partial charge in [-0.05, 0) is 18.2 Å². The maximum absolute atomic E-state index is 12.6. The molecule has 0 unspecified atom stereocenters. The second kappa shape index (κ2) is 7.79. The third-order valence-electron chi connectivity index (χ3n) is 2.82. The Hall–Kier alpha value is -2.09. The third-order valence-corrected chi connectivity index (χ3v) is 2.82. The third kappa shape index (κ3) is 5.72. The molecule has 0 aromatic heterocycles. The lowest BCUT2D eigenvalue weighted by Gasteiger charge is -2.20. The van der Waals surface area contributed by atoms with Crippen LogP contribution in [0.15, 0.2) is 24.3 Å². The fourth-order valence-corrected chi connectivity index (χ4v) is 1.70. The molecule has 0 spiro atoms. The minimum atomic E-state index is -4.48. The van der Waals surface area contributed by atoms with E-state index >= 15 is 0 Å². The van der Waals surface area contributed by atoms with Crippen LogP contribution in [0.25, 0.3) is 0 Å². The van der Waals surface area contributed by atoms with E-state index in [9.17, 15) is 22.8 Å². The van der Waals surface area contributed by atoms with Gasteiger partial charge in [-0.15, -0.1) is 0 Å². The number of carbonyl (C=O) groups is 2. The number of alkyl halides is 3. The molecule has 0 heterocycles. The highest BCUT2D eigenvalue weighted by Gasteiger charge is 2.30. The van der Waals surface area contributed by atoms with Crippen molar-refractivity contribution in [3.05, 3.63) is 29.8 Å². The molecule has 0 saturated heterocycles. The first-order valence-corrected chi connectivity index (χ1v) is 6.45. The molecule has 1 rings (SSSR count). The van der Waals surface area contributed by atoms with Crippen molar-refractivity contribution in [2.45, 2.75) is 13.1 Å². The van der Waals surface area contributed by atoms with E-state index in [4.69, 9.17) is 4.74 Å². The van der Waals surface area contributed by atoms with Crippen LogP contribution in [0.5, 0.6) is 0 Å². The van der Waals surface area contributed by atoms with Crippen LogP contribution in [-0.2, 0) is 20.5 Å². The van der Waals surface area contributed by atoms with Crippen molar-refractivity contribution in [2.24, 2.45) is 0 Å². The molecule has 8 heteroatoms. The zero-order valence-corrected chi connectivity index (χ0v) is 12.2. The zero-order valence-electron chi connectivity index (χ0n) is 12.2. The average Bonchev–Trinajstić information content (AvgIpc) is 2.42. The molecular weight excluding hydrogens is 301 g/mol. The van der Waals surface area contributed by atoms with Crippen molar-refractivity contribution >= 4 is 17.5 Å². The highest BCUT2D eigenvalue weighted by Crippen LogP contribution is 2.30. The molecule has 1 aromatic carbocycles. The summed E-state index contributed by atoms with van der Waals surface area (Å²) in [5, 5.41) is 2.34. The van der Waals surface area contributed by atoms with Gasteiger partial charge in [-0.25, -0.2) is 0 Å². The van der Waals surface area contributed by atoms with E-state index in [-0.39, 0.29) is 31.3 Å². The minimum absolute atomic E-state index is 0.0232. The predicted molar refractivity (Wildman–Crippen MR) is 74.2 cm³/mol. The second-order valence-corrected chi connectivity index (χ2v) is 4.56. The first kappa shape index (κ1) is 18.0. The van der Waals surface area contributed by atoms with E-state index in [1.54, 1.807) is 0 Å². The SMILES string of the molecule is COCCN(CC(=O)Nc1cccc(C(F)(F)F)c1)C(C)=O.